The van der Waals surface area contributed by atoms with Crippen molar-refractivity contribution in [2.24, 2.45) is 4.99 Å². The standard InChI is InChI=1S/C18H15ClN4O2S2/c1-4-25-18(20-3)11-5-6-13(19)12(9-11)14-7-8-15(26-14)21-17(24)16-10(2)22-23-27-16/h4-9H,1H2,2-3H3,(H,21,24)/b20-18-. The van der Waals surface area contributed by atoms with E-state index in [2.05, 4.69) is 26.5 Å². The second-order valence-corrected chi connectivity index (χ2v) is 7.56. The Morgan fingerprint density at radius 1 is 1.37 bits per heavy atom. The average Bonchev–Trinajstić information content (AvgIpc) is 3.29. The van der Waals surface area contributed by atoms with Crippen molar-refractivity contribution >= 4 is 51.3 Å². The predicted molar refractivity (Wildman–Crippen MR) is 111 cm³/mol. The minimum atomic E-state index is -0.226. The van der Waals surface area contributed by atoms with Gasteiger partial charge in [-0.25, -0.2) is 0 Å². The molecule has 0 aliphatic carbocycles. The van der Waals surface area contributed by atoms with Crippen LogP contribution in [0, 0.1) is 6.92 Å². The summed E-state index contributed by atoms with van der Waals surface area (Å²) in [6, 6.07) is 9.24. The Morgan fingerprint density at radius 3 is 2.85 bits per heavy atom. The van der Waals surface area contributed by atoms with Crippen LogP contribution < -0.4 is 5.32 Å². The summed E-state index contributed by atoms with van der Waals surface area (Å²) < 4.78 is 9.11. The molecule has 0 bridgehead atoms. The molecule has 0 saturated carbocycles. The van der Waals surface area contributed by atoms with Gasteiger partial charge in [-0.05, 0) is 48.8 Å². The van der Waals surface area contributed by atoms with Gasteiger partial charge in [-0.15, -0.1) is 16.4 Å². The number of hydrogen-bond acceptors (Lipinski definition) is 7. The van der Waals surface area contributed by atoms with Crippen LogP contribution in [0.15, 0.2) is 48.2 Å². The van der Waals surface area contributed by atoms with Gasteiger partial charge in [0.25, 0.3) is 5.91 Å². The second-order valence-electron chi connectivity index (χ2n) is 5.31. The molecule has 3 aromatic rings. The number of nitrogens with one attached hydrogen (secondary N) is 1. The lowest BCUT2D eigenvalue weighted by molar-refractivity contribution is 0.103. The highest BCUT2D eigenvalue weighted by Gasteiger charge is 2.16. The summed E-state index contributed by atoms with van der Waals surface area (Å²) in [6.07, 6.45) is 1.33. The van der Waals surface area contributed by atoms with E-state index < -0.39 is 0 Å². The number of aliphatic imine (C=N–C) groups is 1. The molecule has 27 heavy (non-hydrogen) atoms. The minimum absolute atomic E-state index is 0.226. The molecule has 3 rings (SSSR count). The van der Waals surface area contributed by atoms with E-state index in [0.29, 0.717) is 26.5 Å². The third-order valence-corrected chi connectivity index (χ3v) is 5.77. The summed E-state index contributed by atoms with van der Waals surface area (Å²) in [6.45, 7) is 5.31. The van der Waals surface area contributed by atoms with Crippen molar-refractivity contribution in [2.45, 2.75) is 6.92 Å². The quantitative estimate of drug-likeness (QED) is 0.358. The zero-order chi connectivity index (χ0) is 19.4. The Labute approximate surface area is 169 Å². The van der Waals surface area contributed by atoms with Crippen molar-refractivity contribution in [3.63, 3.8) is 0 Å². The molecule has 1 N–H and O–H groups in total. The highest BCUT2D eigenvalue weighted by atomic mass is 35.5. The van der Waals surface area contributed by atoms with Crippen LogP contribution in [0.2, 0.25) is 5.02 Å². The van der Waals surface area contributed by atoms with Gasteiger partial charge < -0.3 is 10.1 Å². The maximum absolute atomic E-state index is 12.3. The molecular formula is C18H15ClN4O2S2. The molecule has 0 aliphatic heterocycles. The normalized spacial score (nSPS) is 11.3. The van der Waals surface area contributed by atoms with Crippen LogP contribution in [0.5, 0.6) is 0 Å². The Kier molecular flexibility index (Phi) is 6.00. The number of rotatable bonds is 5. The maximum atomic E-state index is 12.3. The molecule has 0 atom stereocenters. The number of ether oxygens (including phenoxy) is 1. The smallest absolute Gasteiger partial charge is 0.269 e. The third-order valence-electron chi connectivity index (χ3n) is 3.58. The van der Waals surface area contributed by atoms with Gasteiger partial charge in [0.2, 0.25) is 5.90 Å². The van der Waals surface area contributed by atoms with Crippen molar-refractivity contribution in [2.75, 3.05) is 12.4 Å². The Balaban J connectivity index is 1.87. The molecule has 138 valence electrons. The fraction of sp³-hybridized carbons (Fsp3) is 0.111. The zero-order valence-corrected chi connectivity index (χ0v) is 16.9. The summed E-state index contributed by atoms with van der Waals surface area (Å²) in [7, 11) is 1.64. The first kappa shape index (κ1) is 19.2. The summed E-state index contributed by atoms with van der Waals surface area (Å²) in [5.74, 6) is 0.219. The number of nitrogens with zero attached hydrogens (tertiary/aromatic N) is 3. The summed E-state index contributed by atoms with van der Waals surface area (Å²) in [4.78, 5) is 17.8. The third kappa shape index (κ3) is 4.24. The van der Waals surface area contributed by atoms with E-state index in [0.717, 1.165) is 27.5 Å². The lowest BCUT2D eigenvalue weighted by Crippen LogP contribution is -2.10. The predicted octanol–water partition coefficient (Wildman–Crippen LogP) is 5.02. The van der Waals surface area contributed by atoms with Crippen LogP contribution in [0.4, 0.5) is 5.00 Å². The molecule has 2 aromatic heterocycles. The molecule has 2 heterocycles. The van der Waals surface area contributed by atoms with Crippen molar-refractivity contribution in [3.8, 4) is 10.4 Å². The van der Waals surface area contributed by atoms with E-state index in [1.165, 1.54) is 17.6 Å². The largest absolute Gasteiger partial charge is 0.447 e. The van der Waals surface area contributed by atoms with Crippen LogP contribution in [-0.4, -0.2) is 28.4 Å². The monoisotopic (exact) mass is 418 g/mol. The molecule has 6 nitrogen and oxygen atoms in total. The number of thiophene rings is 1. The summed E-state index contributed by atoms with van der Waals surface area (Å²) >= 11 is 8.87. The van der Waals surface area contributed by atoms with Gasteiger partial charge in [0.05, 0.1) is 17.0 Å². The van der Waals surface area contributed by atoms with Crippen LogP contribution in [-0.2, 0) is 4.74 Å². The second kappa shape index (κ2) is 8.43. The van der Waals surface area contributed by atoms with Gasteiger partial charge in [0.1, 0.15) is 4.88 Å². The number of amides is 1. The van der Waals surface area contributed by atoms with Crippen molar-refractivity contribution in [3.05, 3.63) is 64.3 Å². The molecule has 1 aromatic carbocycles. The number of halogens is 1. The highest BCUT2D eigenvalue weighted by molar-refractivity contribution is 7.19. The van der Waals surface area contributed by atoms with E-state index in [1.807, 2.05) is 24.3 Å². The molecule has 1 amide bonds. The van der Waals surface area contributed by atoms with Crippen LogP contribution in [0.1, 0.15) is 20.9 Å². The van der Waals surface area contributed by atoms with Crippen molar-refractivity contribution in [1.29, 1.82) is 0 Å². The molecule has 0 radical (unpaired) electrons. The topological polar surface area (TPSA) is 76.5 Å². The Bertz CT molecular complexity index is 1030. The van der Waals surface area contributed by atoms with Crippen LogP contribution in [0.3, 0.4) is 0 Å². The van der Waals surface area contributed by atoms with E-state index in [4.69, 9.17) is 16.3 Å². The Hall–Kier alpha value is -2.55. The molecule has 0 aliphatic rings. The number of benzene rings is 1. The molecule has 0 spiro atoms. The lowest BCUT2D eigenvalue weighted by Gasteiger charge is -2.08. The number of carbonyl (C=O) groups is 1. The van der Waals surface area contributed by atoms with Gasteiger partial charge >= 0.3 is 0 Å². The fourth-order valence-electron chi connectivity index (χ4n) is 2.33. The van der Waals surface area contributed by atoms with Gasteiger partial charge in [-0.3, -0.25) is 9.79 Å². The number of hydrogen-bond donors (Lipinski definition) is 1. The first-order valence-corrected chi connectivity index (χ1v) is 9.75. The first-order chi connectivity index (χ1) is 13.0. The first-order valence-electron chi connectivity index (χ1n) is 7.78. The minimum Gasteiger partial charge on any atom is -0.447 e. The van der Waals surface area contributed by atoms with E-state index >= 15 is 0 Å². The molecular weight excluding hydrogens is 404 g/mol. The number of aromatic nitrogens is 2. The van der Waals surface area contributed by atoms with Crippen LogP contribution >= 0.6 is 34.5 Å². The maximum Gasteiger partial charge on any atom is 0.269 e. The van der Waals surface area contributed by atoms with Gasteiger partial charge in [-0.2, -0.15) is 0 Å². The summed E-state index contributed by atoms with van der Waals surface area (Å²) in [5.41, 5.74) is 2.21. The average molecular weight is 419 g/mol. The molecule has 0 saturated heterocycles. The lowest BCUT2D eigenvalue weighted by atomic mass is 10.1. The van der Waals surface area contributed by atoms with Gasteiger partial charge in [0, 0.05) is 28.1 Å². The fourth-order valence-corrected chi connectivity index (χ4v) is 4.09. The zero-order valence-electron chi connectivity index (χ0n) is 14.5. The van der Waals surface area contributed by atoms with Crippen LogP contribution in [0.25, 0.3) is 10.4 Å². The number of anilines is 1. The van der Waals surface area contributed by atoms with E-state index in [-0.39, 0.29) is 5.91 Å². The number of carbonyl (C=O) groups excluding carboxylic acids is 1. The van der Waals surface area contributed by atoms with Gasteiger partial charge in [-0.1, -0.05) is 22.7 Å². The summed E-state index contributed by atoms with van der Waals surface area (Å²) in [5, 5.41) is 8.02. The van der Waals surface area contributed by atoms with Gasteiger partial charge in [0.15, 0.2) is 0 Å². The van der Waals surface area contributed by atoms with Crippen molar-refractivity contribution < 1.29 is 9.53 Å². The number of aryl methyl sites for hydroxylation is 1. The van der Waals surface area contributed by atoms with E-state index in [1.54, 1.807) is 20.0 Å². The molecule has 0 unspecified atom stereocenters. The SMILES string of the molecule is C=CO/C(=N\C)c1ccc(Cl)c(-c2ccc(NC(=O)c3snnc3C)s2)c1. The highest BCUT2D eigenvalue weighted by Crippen LogP contribution is 2.36. The van der Waals surface area contributed by atoms with E-state index in [9.17, 15) is 4.79 Å². The molecule has 0 fully saturated rings. The van der Waals surface area contributed by atoms with Crippen molar-refractivity contribution in [1.82, 2.24) is 9.59 Å². The molecule has 9 heteroatoms. The Morgan fingerprint density at radius 2 is 2.19 bits per heavy atom.